The topological polar surface area (TPSA) is 204 Å². The maximum atomic E-state index is 14.4. The molecule has 1 saturated heterocycles. The van der Waals surface area contributed by atoms with Crippen LogP contribution in [0.1, 0.15) is 53.2 Å². The summed E-state index contributed by atoms with van der Waals surface area (Å²) in [5, 5.41) is 22.0. The Bertz CT molecular complexity index is 2480. The third-order valence-corrected chi connectivity index (χ3v) is 10.4. The van der Waals surface area contributed by atoms with Crippen LogP contribution in [0.2, 0.25) is 5.02 Å². The molecule has 7 rings (SSSR count). The van der Waals surface area contributed by atoms with E-state index >= 15 is 0 Å². The molecule has 1 fully saturated rings. The van der Waals surface area contributed by atoms with Gasteiger partial charge >= 0.3 is 6.18 Å². The van der Waals surface area contributed by atoms with Crippen LogP contribution in [0, 0.1) is 0 Å². The first-order valence-corrected chi connectivity index (χ1v) is 17.8. The van der Waals surface area contributed by atoms with Gasteiger partial charge in [-0.3, -0.25) is 14.4 Å². The van der Waals surface area contributed by atoms with Crippen molar-refractivity contribution in [3.05, 3.63) is 98.7 Å². The van der Waals surface area contributed by atoms with E-state index in [0.29, 0.717) is 17.3 Å². The second-order valence-corrected chi connectivity index (χ2v) is 14.5. The van der Waals surface area contributed by atoms with Crippen molar-refractivity contribution >= 4 is 44.9 Å². The number of nitrogens with two attached hydrogens (primary N) is 1. The molecule has 2 aliphatic rings. The van der Waals surface area contributed by atoms with E-state index in [1.165, 1.54) is 52.1 Å². The number of piperidine rings is 1. The summed E-state index contributed by atoms with van der Waals surface area (Å²) in [7, 11) is -4.01. The SMILES string of the molecule is C[C@H]1OC2(CCN(C(=O)c3ncccc3O)CC2)c2c1n(CC(=O)Nc1ccc(C(F)(F)F)cc1Cl)c1nc(-c3ccc(S(N)(=O)=O)cc3)nn1c2=O. The number of benzene rings is 2. The summed E-state index contributed by atoms with van der Waals surface area (Å²) in [4.78, 5) is 51.0. The number of amides is 2. The number of primary sulfonamides is 1. The standard InChI is InChI=1S/C33H28ClF3N8O7S/c1-17-27-25(32(52-17)10-13-43(14-11-32)30(49)26-23(46)3-2-12-39-26)29(48)45-31(41-28(42-45)18-4-7-20(8-5-18)53(38,50)51)44(27)16-24(47)40-22-9-6-19(15-21(22)34)33(35,36)37/h2-9,12,15,17,46H,10-11,13-14,16H2,1H3,(H,40,47)(H2,38,50,51)/t17-/m1/s1. The summed E-state index contributed by atoms with van der Waals surface area (Å²) < 4.78 is 72.2. The number of carbonyl (C=O) groups is 2. The van der Waals surface area contributed by atoms with Crippen molar-refractivity contribution in [1.82, 2.24) is 29.0 Å². The van der Waals surface area contributed by atoms with Gasteiger partial charge in [0.05, 0.1) is 38.5 Å². The number of fused-ring (bicyclic) bond motifs is 3. The highest BCUT2D eigenvalue weighted by atomic mass is 35.5. The lowest BCUT2D eigenvalue weighted by molar-refractivity contribution is -0.137. The Morgan fingerprint density at radius 3 is 2.45 bits per heavy atom. The molecular formula is C33H28ClF3N8O7S. The van der Waals surface area contributed by atoms with E-state index in [0.717, 1.165) is 16.6 Å². The number of anilines is 1. The highest BCUT2D eigenvalue weighted by Gasteiger charge is 2.50. The number of nitrogens with zero attached hydrogens (tertiary/aromatic N) is 6. The third-order valence-electron chi connectivity index (χ3n) is 9.19. The molecule has 0 aliphatic carbocycles. The fourth-order valence-corrected chi connectivity index (χ4v) is 7.47. The lowest BCUT2D eigenvalue weighted by atomic mass is 9.85. The van der Waals surface area contributed by atoms with Gasteiger partial charge in [-0.05, 0) is 74.4 Å². The zero-order valence-corrected chi connectivity index (χ0v) is 29.0. The predicted octanol–water partition coefficient (Wildman–Crippen LogP) is 3.84. The summed E-state index contributed by atoms with van der Waals surface area (Å²) >= 11 is 6.10. The zero-order valence-electron chi connectivity index (χ0n) is 27.5. The summed E-state index contributed by atoms with van der Waals surface area (Å²) in [6, 6.07) is 10.6. The van der Waals surface area contributed by atoms with Gasteiger partial charge in [0.15, 0.2) is 11.5 Å². The molecule has 0 bridgehead atoms. The van der Waals surface area contributed by atoms with E-state index in [1.807, 2.05) is 0 Å². The minimum atomic E-state index is -4.66. The van der Waals surface area contributed by atoms with E-state index in [4.69, 9.17) is 21.5 Å². The maximum Gasteiger partial charge on any atom is 0.416 e. The zero-order chi connectivity index (χ0) is 38.0. The van der Waals surface area contributed by atoms with Crippen molar-refractivity contribution in [1.29, 1.82) is 0 Å². The molecule has 20 heteroatoms. The van der Waals surface area contributed by atoms with Gasteiger partial charge in [0.25, 0.3) is 11.5 Å². The number of pyridine rings is 1. The normalized spacial score (nSPS) is 16.9. The van der Waals surface area contributed by atoms with Crippen molar-refractivity contribution in [3.8, 4) is 17.1 Å². The summed E-state index contributed by atoms with van der Waals surface area (Å²) in [5.41, 5.74) is -2.28. The second-order valence-electron chi connectivity index (χ2n) is 12.5. The quantitative estimate of drug-likeness (QED) is 0.228. The van der Waals surface area contributed by atoms with Crippen molar-refractivity contribution in [2.75, 3.05) is 18.4 Å². The van der Waals surface area contributed by atoms with E-state index in [-0.39, 0.29) is 70.1 Å². The molecule has 2 aliphatic heterocycles. The molecule has 3 aromatic heterocycles. The number of halogens is 4. The van der Waals surface area contributed by atoms with E-state index in [1.54, 1.807) is 6.92 Å². The number of rotatable bonds is 6. The number of aromatic nitrogens is 5. The van der Waals surface area contributed by atoms with Crippen LogP contribution >= 0.6 is 11.6 Å². The van der Waals surface area contributed by atoms with Crippen molar-refractivity contribution in [2.45, 2.75) is 49.1 Å². The number of alkyl halides is 3. The van der Waals surface area contributed by atoms with Crippen molar-refractivity contribution < 1.29 is 41.0 Å². The number of nitrogens with one attached hydrogen (secondary N) is 1. The Kier molecular flexibility index (Phi) is 8.79. The van der Waals surface area contributed by atoms with Crippen LogP contribution in [0.4, 0.5) is 18.9 Å². The van der Waals surface area contributed by atoms with E-state index in [9.17, 15) is 41.1 Å². The van der Waals surface area contributed by atoms with Gasteiger partial charge in [0.2, 0.25) is 21.7 Å². The summed E-state index contributed by atoms with van der Waals surface area (Å²) in [5.74, 6) is -1.60. The molecular weight excluding hydrogens is 745 g/mol. The van der Waals surface area contributed by atoms with Crippen molar-refractivity contribution in [3.63, 3.8) is 0 Å². The number of hydrogen-bond donors (Lipinski definition) is 3. The molecule has 0 saturated carbocycles. The Morgan fingerprint density at radius 2 is 1.83 bits per heavy atom. The number of likely N-dealkylation sites (tertiary alicyclic amines) is 1. The number of aromatic hydroxyl groups is 1. The lowest BCUT2D eigenvalue weighted by Gasteiger charge is -2.39. The van der Waals surface area contributed by atoms with Crippen LogP contribution in [0.5, 0.6) is 5.75 Å². The third kappa shape index (κ3) is 6.49. The van der Waals surface area contributed by atoms with Crippen LogP contribution in [0.15, 0.2) is 70.5 Å². The van der Waals surface area contributed by atoms with Gasteiger partial charge in [0.1, 0.15) is 17.9 Å². The van der Waals surface area contributed by atoms with Gasteiger partial charge in [-0.25, -0.2) is 18.5 Å². The van der Waals surface area contributed by atoms with Crippen LogP contribution in [-0.2, 0) is 37.9 Å². The Hall–Kier alpha value is -5.37. The van der Waals surface area contributed by atoms with Crippen LogP contribution < -0.4 is 16.0 Å². The highest BCUT2D eigenvalue weighted by Crippen LogP contribution is 2.48. The molecule has 15 nitrogen and oxygen atoms in total. The first kappa shape index (κ1) is 36.0. The van der Waals surface area contributed by atoms with Crippen LogP contribution in [0.3, 0.4) is 0 Å². The van der Waals surface area contributed by atoms with Gasteiger partial charge < -0.3 is 24.6 Å². The first-order chi connectivity index (χ1) is 25.0. The van der Waals surface area contributed by atoms with Gasteiger partial charge in [-0.2, -0.15) is 22.7 Å². The maximum absolute atomic E-state index is 14.4. The van der Waals surface area contributed by atoms with E-state index in [2.05, 4.69) is 20.4 Å². The van der Waals surface area contributed by atoms with Gasteiger partial charge in [-0.15, -0.1) is 5.10 Å². The molecule has 1 atom stereocenters. The molecule has 4 N–H and O–H groups in total. The largest absolute Gasteiger partial charge is 0.505 e. The van der Waals surface area contributed by atoms with Crippen LogP contribution in [0.25, 0.3) is 17.2 Å². The second kappa shape index (κ2) is 12.9. The molecule has 276 valence electrons. The smallest absolute Gasteiger partial charge is 0.416 e. The molecule has 0 radical (unpaired) electrons. The van der Waals surface area contributed by atoms with Crippen LogP contribution in [-0.4, -0.2) is 67.5 Å². The highest BCUT2D eigenvalue weighted by molar-refractivity contribution is 7.89. The Morgan fingerprint density at radius 1 is 1.13 bits per heavy atom. The molecule has 2 amide bonds. The Labute approximate surface area is 302 Å². The fraction of sp³-hybridized carbons (Fsp3) is 0.273. The number of hydrogen-bond acceptors (Lipinski definition) is 10. The van der Waals surface area contributed by atoms with Crippen molar-refractivity contribution in [2.24, 2.45) is 5.14 Å². The number of ether oxygens (including phenoxy) is 1. The molecule has 2 aromatic carbocycles. The molecule has 0 unspecified atom stereocenters. The van der Waals surface area contributed by atoms with E-state index < -0.39 is 57.4 Å². The monoisotopic (exact) mass is 772 g/mol. The predicted molar refractivity (Wildman–Crippen MR) is 181 cm³/mol. The molecule has 1 spiro atoms. The summed E-state index contributed by atoms with van der Waals surface area (Å²) in [6.45, 7) is 1.39. The average Bonchev–Trinajstić information content (AvgIpc) is 3.67. The van der Waals surface area contributed by atoms with Gasteiger partial charge in [-0.1, -0.05) is 11.6 Å². The Balaban J connectivity index is 1.29. The fourth-order valence-electron chi connectivity index (χ4n) is 6.73. The lowest BCUT2D eigenvalue weighted by Crippen LogP contribution is -2.47. The average molecular weight is 773 g/mol. The molecule has 5 aromatic rings. The molecule has 53 heavy (non-hydrogen) atoms. The first-order valence-electron chi connectivity index (χ1n) is 15.9. The minimum absolute atomic E-state index is 0.00453. The number of carbonyl (C=O) groups excluding carboxylic acids is 2. The number of sulfonamides is 1. The van der Waals surface area contributed by atoms with Gasteiger partial charge in [0, 0.05) is 24.8 Å². The molecule has 5 heterocycles. The minimum Gasteiger partial charge on any atom is -0.505 e. The summed E-state index contributed by atoms with van der Waals surface area (Å²) in [6.07, 6.45) is -3.77.